The van der Waals surface area contributed by atoms with E-state index in [0.717, 1.165) is 18.4 Å². The minimum Gasteiger partial charge on any atom is -0.478 e. The monoisotopic (exact) mass is 401 g/mol. The first-order valence-electron chi connectivity index (χ1n) is 9.04. The van der Waals surface area contributed by atoms with E-state index in [1.807, 2.05) is 4.90 Å². The zero-order valence-corrected chi connectivity index (χ0v) is 16.1. The van der Waals surface area contributed by atoms with Gasteiger partial charge in [-0.2, -0.15) is 0 Å². The van der Waals surface area contributed by atoms with Gasteiger partial charge in [0.15, 0.2) is 0 Å². The third-order valence-electron chi connectivity index (χ3n) is 4.44. The number of carbonyl (C=O) groups is 1. The van der Waals surface area contributed by atoms with E-state index in [1.54, 1.807) is 42.5 Å². The molecule has 0 atom stereocenters. The third kappa shape index (κ3) is 5.23. The minimum atomic E-state index is -0.990. The Hall–Kier alpha value is -2.60. The van der Waals surface area contributed by atoms with Gasteiger partial charge in [0.2, 0.25) is 0 Å². The van der Waals surface area contributed by atoms with Gasteiger partial charge in [0.05, 0.1) is 10.6 Å². The van der Waals surface area contributed by atoms with Crippen molar-refractivity contribution in [1.29, 1.82) is 0 Å². The molecule has 0 spiro atoms. The fourth-order valence-corrected chi connectivity index (χ4v) is 4.13. The molecule has 2 aromatic rings. The Morgan fingerprint density at radius 3 is 2.57 bits per heavy atom. The molecule has 28 heavy (non-hydrogen) atoms. The molecule has 0 aliphatic carbocycles. The molecule has 0 aromatic heterocycles. The Bertz CT molecular complexity index is 894. The maximum atomic E-state index is 14.0. The first kappa shape index (κ1) is 20.1. The summed E-state index contributed by atoms with van der Waals surface area (Å²) >= 11 is 1.47. The number of carboxylic acids is 1. The number of nitrogens with zero attached hydrogens (tertiary/aromatic N) is 1. The van der Waals surface area contributed by atoms with E-state index in [0.29, 0.717) is 29.4 Å². The van der Waals surface area contributed by atoms with Gasteiger partial charge in [-0.15, -0.1) is 11.8 Å². The molecular formula is C22H21F2NO2S. The van der Waals surface area contributed by atoms with Gasteiger partial charge in [0.25, 0.3) is 0 Å². The molecule has 0 saturated carbocycles. The second-order valence-corrected chi connectivity index (χ2v) is 7.56. The Kier molecular flexibility index (Phi) is 6.87. The van der Waals surface area contributed by atoms with Crippen LogP contribution in [0.3, 0.4) is 0 Å². The molecule has 1 aliphatic rings. The Balaban J connectivity index is 1.67. The van der Waals surface area contributed by atoms with Crippen molar-refractivity contribution in [2.24, 2.45) is 0 Å². The van der Waals surface area contributed by atoms with Gasteiger partial charge in [0.1, 0.15) is 11.6 Å². The first-order chi connectivity index (χ1) is 13.5. The van der Waals surface area contributed by atoms with Crippen LogP contribution in [0.25, 0.3) is 0 Å². The van der Waals surface area contributed by atoms with Crippen LogP contribution in [0.4, 0.5) is 8.78 Å². The number of carboxylic acid groups (broad SMARTS) is 1. The predicted molar refractivity (Wildman–Crippen MR) is 108 cm³/mol. The van der Waals surface area contributed by atoms with Crippen LogP contribution < -0.4 is 0 Å². The molecule has 146 valence electrons. The molecule has 0 unspecified atom stereocenters. The number of rotatable bonds is 8. The highest BCUT2D eigenvalue weighted by atomic mass is 32.2. The summed E-state index contributed by atoms with van der Waals surface area (Å²) in [5, 5.41) is 10.2. The Morgan fingerprint density at radius 2 is 1.86 bits per heavy atom. The van der Waals surface area contributed by atoms with Crippen molar-refractivity contribution in [1.82, 2.24) is 4.90 Å². The van der Waals surface area contributed by atoms with Crippen molar-refractivity contribution in [2.75, 3.05) is 12.3 Å². The maximum Gasteiger partial charge on any atom is 0.338 e. The second kappa shape index (κ2) is 9.55. The smallest absolute Gasteiger partial charge is 0.338 e. The summed E-state index contributed by atoms with van der Waals surface area (Å²) in [6.45, 7) is 0.847. The van der Waals surface area contributed by atoms with Crippen LogP contribution in [0, 0.1) is 11.6 Å². The molecule has 0 amide bonds. The largest absolute Gasteiger partial charge is 0.478 e. The average molecular weight is 401 g/mol. The van der Waals surface area contributed by atoms with Gasteiger partial charge in [-0.1, -0.05) is 36.4 Å². The molecule has 1 N–H and O–H groups in total. The quantitative estimate of drug-likeness (QED) is 0.632. The SMILES string of the molecule is O=C(O)C1=C(SCCCc2ccc(F)cc2)N(Cc2ccccc2F)CC=C1. The van der Waals surface area contributed by atoms with Gasteiger partial charge < -0.3 is 10.0 Å². The van der Waals surface area contributed by atoms with E-state index < -0.39 is 5.97 Å². The van der Waals surface area contributed by atoms with Crippen LogP contribution in [0.5, 0.6) is 0 Å². The molecule has 1 heterocycles. The maximum absolute atomic E-state index is 14.0. The topological polar surface area (TPSA) is 40.5 Å². The lowest BCUT2D eigenvalue weighted by Crippen LogP contribution is -2.27. The van der Waals surface area contributed by atoms with Crippen LogP contribution >= 0.6 is 11.8 Å². The lowest BCUT2D eigenvalue weighted by molar-refractivity contribution is -0.132. The zero-order chi connectivity index (χ0) is 19.9. The van der Waals surface area contributed by atoms with Gasteiger partial charge in [-0.3, -0.25) is 0 Å². The molecule has 0 saturated heterocycles. The van der Waals surface area contributed by atoms with E-state index in [-0.39, 0.29) is 17.2 Å². The van der Waals surface area contributed by atoms with E-state index in [4.69, 9.17) is 0 Å². The predicted octanol–water partition coefficient (Wildman–Crippen LogP) is 5.00. The Morgan fingerprint density at radius 1 is 1.11 bits per heavy atom. The summed E-state index contributed by atoms with van der Waals surface area (Å²) in [5.41, 5.74) is 1.81. The fraction of sp³-hybridized carbons (Fsp3) is 0.227. The molecule has 0 fully saturated rings. The number of hydrogen-bond donors (Lipinski definition) is 1. The van der Waals surface area contributed by atoms with E-state index >= 15 is 0 Å². The van der Waals surface area contributed by atoms with Crippen LogP contribution in [0.15, 0.2) is 71.3 Å². The van der Waals surface area contributed by atoms with Crippen molar-refractivity contribution in [3.8, 4) is 0 Å². The molecule has 1 aliphatic heterocycles. The standard InChI is InChI=1S/C22H21F2NO2S/c23-18-11-9-16(10-12-18)5-4-14-28-21-19(22(26)27)7-3-13-25(21)15-17-6-1-2-8-20(17)24/h1-3,6-12H,4-5,13-15H2,(H,26,27). The van der Waals surface area contributed by atoms with Crippen molar-refractivity contribution < 1.29 is 18.7 Å². The fourth-order valence-electron chi connectivity index (χ4n) is 3.02. The summed E-state index contributed by atoms with van der Waals surface area (Å²) in [7, 11) is 0. The van der Waals surface area contributed by atoms with Gasteiger partial charge >= 0.3 is 5.97 Å². The number of hydrogen-bond acceptors (Lipinski definition) is 3. The van der Waals surface area contributed by atoms with Gasteiger partial charge in [0, 0.05) is 18.7 Å². The van der Waals surface area contributed by atoms with Gasteiger partial charge in [-0.25, -0.2) is 13.6 Å². The number of aliphatic carboxylic acids is 1. The molecule has 6 heteroatoms. The van der Waals surface area contributed by atoms with Crippen LogP contribution in [-0.2, 0) is 17.8 Å². The van der Waals surface area contributed by atoms with Crippen LogP contribution in [-0.4, -0.2) is 28.3 Å². The lowest BCUT2D eigenvalue weighted by atomic mass is 10.1. The van der Waals surface area contributed by atoms with E-state index in [1.165, 1.54) is 30.0 Å². The average Bonchev–Trinajstić information content (AvgIpc) is 2.69. The highest BCUT2D eigenvalue weighted by molar-refractivity contribution is 8.03. The second-order valence-electron chi connectivity index (χ2n) is 6.48. The summed E-state index contributed by atoms with van der Waals surface area (Å²) in [6, 6.07) is 12.9. The molecule has 3 nitrogen and oxygen atoms in total. The molecular weight excluding hydrogens is 380 g/mol. The highest BCUT2D eigenvalue weighted by Crippen LogP contribution is 2.31. The number of benzene rings is 2. The van der Waals surface area contributed by atoms with Crippen molar-refractivity contribution in [3.63, 3.8) is 0 Å². The number of halogens is 2. The van der Waals surface area contributed by atoms with Crippen molar-refractivity contribution in [2.45, 2.75) is 19.4 Å². The minimum absolute atomic E-state index is 0.231. The summed E-state index contributed by atoms with van der Waals surface area (Å²) < 4.78 is 27.0. The number of thioether (sulfide) groups is 1. The first-order valence-corrected chi connectivity index (χ1v) is 10.0. The van der Waals surface area contributed by atoms with E-state index in [2.05, 4.69) is 0 Å². The van der Waals surface area contributed by atoms with Crippen LogP contribution in [0.2, 0.25) is 0 Å². The van der Waals surface area contributed by atoms with Crippen molar-refractivity contribution in [3.05, 3.63) is 94.0 Å². The molecule has 2 aromatic carbocycles. The lowest BCUT2D eigenvalue weighted by Gasteiger charge is -2.29. The zero-order valence-electron chi connectivity index (χ0n) is 15.3. The normalized spacial score (nSPS) is 13.9. The van der Waals surface area contributed by atoms with Gasteiger partial charge in [-0.05, 0) is 48.4 Å². The third-order valence-corrected chi connectivity index (χ3v) is 5.68. The number of aryl methyl sites for hydroxylation is 1. The molecule has 0 bridgehead atoms. The molecule has 3 rings (SSSR count). The summed E-state index contributed by atoms with van der Waals surface area (Å²) in [6.07, 6.45) is 5.01. The van der Waals surface area contributed by atoms with E-state index in [9.17, 15) is 18.7 Å². The Labute approximate surface area is 167 Å². The summed E-state index contributed by atoms with van der Waals surface area (Å²) in [5.74, 6) is -0.831. The van der Waals surface area contributed by atoms with Crippen LogP contribution in [0.1, 0.15) is 17.5 Å². The molecule has 0 radical (unpaired) electrons. The summed E-state index contributed by atoms with van der Waals surface area (Å²) in [4.78, 5) is 13.6. The van der Waals surface area contributed by atoms with Crippen molar-refractivity contribution >= 4 is 17.7 Å². The highest BCUT2D eigenvalue weighted by Gasteiger charge is 2.22.